The van der Waals surface area contributed by atoms with E-state index in [2.05, 4.69) is 0 Å². The third kappa shape index (κ3) is 5.01. The molecule has 0 aliphatic heterocycles. The van der Waals surface area contributed by atoms with Crippen molar-refractivity contribution in [2.24, 2.45) is 0 Å². The maximum atomic E-state index is 11.4. The van der Waals surface area contributed by atoms with E-state index in [4.69, 9.17) is 62.7 Å². The summed E-state index contributed by atoms with van der Waals surface area (Å²) in [5, 5.41) is -0.365. The van der Waals surface area contributed by atoms with Crippen LogP contribution >= 0.6 is 58.0 Å². The predicted octanol–water partition coefficient (Wildman–Crippen LogP) is 4.39. The molecular formula is C8H9Cl5O2. The van der Waals surface area contributed by atoms with Gasteiger partial charge in [-0.25, -0.2) is 4.79 Å². The maximum Gasteiger partial charge on any atom is 0.348 e. The van der Waals surface area contributed by atoms with Gasteiger partial charge < -0.3 is 4.74 Å². The van der Waals surface area contributed by atoms with Crippen LogP contribution in [0.5, 0.6) is 0 Å². The van der Waals surface area contributed by atoms with Crippen molar-refractivity contribution in [2.75, 3.05) is 6.61 Å². The first-order valence-corrected chi connectivity index (χ1v) is 5.99. The number of esters is 1. The van der Waals surface area contributed by atoms with Crippen molar-refractivity contribution in [2.45, 2.75) is 24.1 Å². The quantitative estimate of drug-likeness (QED) is 0.427. The molecule has 7 heteroatoms. The summed E-state index contributed by atoms with van der Waals surface area (Å²) in [6.07, 6.45) is 1.59. The van der Waals surface area contributed by atoms with Crippen LogP contribution < -0.4 is 0 Å². The lowest BCUT2D eigenvalue weighted by molar-refractivity contribution is -0.143. The minimum absolute atomic E-state index is 0.223. The molecule has 0 unspecified atom stereocenters. The molecule has 0 atom stereocenters. The minimum atomic E-state index is -2.05. The number of unbranched alkanes of at least 4 members (excludes halogenated alkanes) is 1. The monoisotopic (exact) mass is 312 g/mol. The first kappa shape index (κ1) is 15.7. The molecule has 0 N–H and O–H groups in total. The van der Waals surface area contributed by atoms with Crippen LogP contribution in [-0.2, 0) is 9.53 Å². The Bertz CT molecular complexity index is 258. The Morgan fingerprint density at radius 2 is 1.80 bits per heavy atom. The van der Waals surface area contributed by atoms with Crippen molar-refractivity contribution in [3.05, 3.63) is 9.52 Å². The second-order valence-corrected chi connectivity index (χ2v) is 5.29. The van der Waals surface area contributed by atoms with Gasteiger partial charge in [0.1, 0.15) is 4.49 Å². The van der Waals surface area contributed by atoms with Crippen molar-refractivity contribution < 1.29 is 9.53 Å². The molecule has 88 valence electrons. The highest BCUT2D eigenvalue weighted by molar-refractivity contribution is 6.68. The standard InChI is InChI=1S/C8H9Cl5O2/c1-2-3-4-15-7(14)8(12,13)5(9)6(10)11/h2-4H2,1H3. The van der Waals surface area contributed by atoms with Gasteiger partial charge in [-0.1, -0.05) is 71.3 Å². The summed E-state index contributed by atoms with van der Waals surface area (Å²) in [7, 11) is 0. The fourth-order valence-corrected chi connectivity index (χ4v) is 1.46. The number of alkyl halides is 2. The van der Waals surface area contributed by atoms with Gasteiger partial charge in [-0.3, -0.25) is 0 Å². The molecule has 0 spiro atoms. The van der Waals surface area contributed by atoms with Crippen molar-refractivity contribution >= 4 is 64.0 Å². The number of ether oxygens (including phenoxy) is 1. The normalized spacial score (nSPS) is 11.1. The SMILES string of the molecule is CCCCOC(=O)C(Cl)(Cl)C(Cl)=C(Cl)Cl. The largest absolute Gasteiger partial charge is 0.463 e. The molecule has 0 fully saturated rings. The fraction of sp³-hybridized carbons (Fsp3) is 0.625. The van der Waals surface area contributed by atoms with Gasteiger partial charge in [-0.2, -0.15) is 0 Å². The van der Waals surface area contributed by atoms with Crippen LogP contribution in [0.2, 0.25) is 0 Å². The van der Waals surface area contributed by atoms with Crippen LogP contribution in [0.1, 0.15) is 19.8 Å². The molecule has 0 saturated heterocycles. The number of carbonyl (C=O) groups is 1. The van der Waals surface area contributed by atoms with E-state index in [-0.39, 0.29) is 16.1 Å². The molecule has 0 radical (unpaired) electrons. The van der Waals surface area contributed by atoms with Gasteiger partial charge in [0.25, 0.3) is 4.33 Å². The molecular weight excluding hydrogens is 305 g/mol. The zero-order valence-electron chi connectivity index (χ0n) is 7.83. The Kier molecular flexibility index (Phi) is 7.39. The van der Waals surface area contributed by atoms with Crippen LogP contribution in [0.25, 0.3) is 0 Å². The Labute approximate surface area is 113 Å². The molecule has 0 rings (SSSR count). The van der Waals surface area contributed by atoms with E-state index in [1.807, 2.05) is 6.92 Å². The van der Waals surface area contributed by atoms with Crippen LogP contribution in [0.4, 0.5) is 0 Å². The lowest BCUT2D eigenvalue weighted by Crippen LogP contribution is -2.29. The molecule has 15 heavy (non-hydrogen) atoms. The van der Waals surface area contributed by atoms with Crippen LogP contribution in [0, 0.1) is 0 Å². The van der Waals surface area contributed by atoms with Crippen molar-refractivity contribution in [1.82, 2.24) is 0 Å². The van der Waals surface area contributed by atoms with E-state index in [0.717, 1.165) is 6.42 Å². The summed E-state index contributed by atoms with van der Waals surface area (Å²) in [6.45, 7) is 2.17. The zero-order chi connectivity index (χ0) is 12.1. The van der Waals surface area contributed by atoms with Gasteiger partial charge >= 0.3 is 5.97 Å². The minimum Gasteiger partial charge on any atom is -0.463 e. The summed E-state index contributed by atoms with van der Waals surface area (Å²) >= 11 is 27.6. The molecule has 0 aromatic carbocycles. The molecule has 0 aromatic rings. The first-order valence-electron chi connectivity index (χ1n) is 4.10. The summed E-state index contributed by atoms with van der Waals surface area (Å²) < 4.78 is 2.37. The topological polar surface area (TPSA) is 26.3 Å². The summed E-state index contributed by atoms with van der Waals surface area (Å²) in [5.41, 5.74) is 0. The fourth-order valence-electron chi connectivity index (χ4n) is 0.608. The molecule has 0 amide bonds. The lowest BCUT2D eigenvalue weighted by Gasteiger charge is -2.17. The van der Waals surface area contributed by atoms with E-state index >= 15 is 0 Å². The van der Waals surface area contributed by atoms with Gasteiger partial charge in [0.05, 0.1) is 11.6 Å². The van der Waals surface area contributed by atoms with Gasteiger partial charge in [-0.05, 0) is 6.42 Å². The number of hydrogen-bond donors (Lipinski definition) is 0. The molecule has 0 aliphatic carbocycles. The lowest BCUT2D eigenvalue weighted by atomic mass is 10.3. The molecule has 2 nitrogen and oxygen atoms in total. The number of halogens is 5. The highest BCUT2D eigenvalue weighted by Gasteiger charge is 2.40. The average Bonchev–Trinajstić information content (AvgIpc) is 2.16. The summed E-state index contributed by atoms with van der Waals surface area (Å²) in [6, 6.07) is 0. The number of carbonyl (C=O) groups excluding carboxylic acids is 1. The van der Waals surface area contributed by atoms with Crippen molar-refractivity contribution in [1.29, 1.82) is 0 Å². The highest BCUT2D eigenvalue weighted by Crippen LogP contribution is 2.38. The predicted molar refractivity (Wildman–Crippen MR) is 64.9 cm³/mol. The van der Waals surface area contributed by atoms with Crippen molar-refractivity contribution in [3.8, 4) is 0 Å². The molecule has 0 aliphatic rings. The van der Waals surface area contributed by atoms with Crippen LogP contribution in [-0.4, -0.2) is 16.9 Å². The van der Waals surface area contributed by atoms with E-state index < -0.39 is 10.3 Å². The van der Waals surface area contributed by atoms with E-state index in [1.54, 1.807) is 0 Å². The highest BCUT2D eigenvalue weighted by atomic mass is 35.5. The first-order chi connectivity index (χ1) is 6.84. The second kappa shape index (κ2) is 7.08. The molecule has 0 heterocycles. The Balaban J connectivity index is 4.46. The summed E-state index contributed by atoms with van der Waals surface area (Å²) in [5.74, 6) is -0.886. The summed E-state index contributed by atoms with van der Waals surface area (Å²) in [4.78, 5) is 11.4. The van der Waals surface area contributed by atoms with Crippen LogP contribution in [0.15, 0.2) is 9.52 Å². The Hall–Kier alpha value is 0.660. The van der Waals surface area contributed by atoms with Gasteiger partial charge in [0, 0.05) is 0 Å². The second-order valence-electron chi connectivity index (χ2n) is 2.64. The Morgan fingerprint density at radius 3 is 2.20 bits per heavy atom. The van der Waals surface area contributed by atoms with Gasteiger partial charge in [0.2, 0.25) is 0 Å². The third-order valence-electron chi connectivity index (χ3n) is 1.43. The maximum absolute atomic E-state index is 11.4. The smallest absolute Gasteiger partial charge is 0.348 e. The van der Waals surface area contributed by atoms with Gasteiger partial charge in [-0.15, -0.1) is 0 Å². The molecule has 0 aromatic heterocycles. The zero-order valence-corrected chi connectivity index (χ0v) is 11.6. The number of rotatable bonds is 5. The van der Waals surface area contributed by atoms with E-state index in [1.165, 1.54) is 0 Å². The Morgan fingerprint density at radius 1 is 1.27 bits per heavy atom. The molecule has 0 saturated carbocycles. The third-order valence-corrected chi connectivity index (χ3v) is 3.35. The van der Waals surface area contributed by atoms with Crippen LogP contribution in [0.3, 0.4) is 0 Å². The molecule has 0 bridgehead atoms. The van der Waals surface area contributed by atoms with E-state index in [9.17, 15) is 4.79 Å². The average molecular weight is 314 g/mol. The van der Waals surface area contributed by atoms with E-state index in [0.29, 0.717) is 6.42 Å². The van der Waals surface area contributed by atoms with Crippen molar-refractivity contribution in [3.63, 3.8) is 0 Å². The number of hydrogen-bond acceptors (Lipinski definition) is 2. The van der Waals surface area contributed by atoms with Gasteiger partial charge in [0.15, 0.2) is 0 Å².